The Balaban J connectivity index is 3.25. The maximum absolute atomic E-state index is 12.3. The van der Waals surface area contributed by atoms with Crippen LogP contribution in [-0.2, 0) is 10.0 Å². The maximum atomic E-state index is 12.3. The van der Waals surface area contributed by atoms with Crippen LogP contribution in [0, 0.1) is 6.92 Å². The van der Waals surface area contributed by atoms with Crippen LogP contribution in [0.15, 0.2) is 29.2 Å². The van der Waals surface area contributed by atoms with Gasteiger partial charge in [0.2, 0.25) is 10.0 Å². The summed E-state index contributed by atoms with van der Waals surface area (Å²) in [4.78, 5) is 0.144. The van der Waals surface area contributed by atoms with Crippen molar-refractivity contribution in [1.29, 1.82) is 0 Å². The molecule has 0 bridgehead atoms. The minimum Gasteiger partial charge on any atom is -0.397 e. The van der Waals surface area contributed by atoms with Crippen LogP contribution in [0.1, 0.15) is 12.5 Å². The minimum atomic E-state index is -3.56. The van der Waals surface area contributed by atoms with E-state index in [1.54, 1.807) is 13.8 Å². The second kappa shape index (κ2) is 5.30. The molecule has 0 saturated carbocycles. The maximum Gasteiger partial charge on any atom is 0.243 e. The van der Waals surface area contributed by atoms with Crippen molar-refractivity contribution >= 4 is 27.3 Å². The highest BCUT2D eigenvalue weighted by atomic mass is 35.5. The number of likely N-dealkylation sites (N-methyl/N-ethyl adjacent to an activating group) is 1. The fourth-order valence-corrected chi connectivity index (χ4v) is 3.02. The second-order valence-electron chi connectivity index (χ2n) is 4.36. The highest BCUT2D eigenvalue weighted by molar-refractivity contribution is 7.89. The van der Waals surface area contributed by atoms with Crippen LogP contribution in [0.25, 0.3) is 0 Å². The van der Waals surface area contributed by atoms with Crippen LogP contribution in [0.4, 0.5) is 5.69 Å². The fourth-order valence-electron chi connectivity index (χ4n) is 1.56. The molecule has 0 radical (unpaired) electrons. The van der Waals surface area contributed by atoms with Gasteiger partial charge in [0, 0.05) is 13.6 Å². The zero-order valence-corrected chi connectivity index (χ0v) is 12.3. The summed E-state index contributed by atoms with van der Waals surface area (Å²) in [5, 5.41) is 0.386. The van der Waals surface area contributed by atoms with E-state index in [2.05, 4.69) is 6.58 Å². The lowest BCUT2D eigenvalue weighted by atomic mass is 10.2. The monoisotopic (exact) mass is 288 g/mol. The largest absolute Gasteiger partial charge is 0.397 e. The summed E-state index contributed by atoms with van der Waals surface area (Å²) in [5.41, 5.74) is 7.35. The van der Waals surface area contributed by atoms with Crippen molar-refractivity contribution in [2.45, 2.75) is 18.7 Å². The SMILES string of the molecule is C=C(C)CN(C)S(=O)(=O)c1cc(C)c(Cl)c(N)c1. The number of nitrogen functional groups attached to an aromatic ring is 1. The van der Waals surface area contributed by atoms with Crippen molar-refractivity contribution in [3.05, 3.63) is 34.9 Å². The molecular weight excluding hydrogens is 272 g/mol. The van der Waals surface area contributed by atoms with Crippen LogP contribution in [-0.4, -0.2) is 26.3 Å². The van der Waals surface area contributed by atoms with Crippen LogP contribution in [0.3, 0.4) is 0 Å². The van der Waals surface area contributed by atoms with E-state index in [1.165, 1.54) is 23.5 Å². The number of hydrogen-bond acceptors (Lipinski definition) is 3. The van der Waals surface area contributed by atoms with Gasteiger partial charge in [0.15, 0.2) is 0 Å². The smallest absolute Gasteiger partial charge is 0.243 e. The average molecular weight is 289 g/mol. The Labute approximate surface area is 113 Å². The molecular formula is C12H17ClN2O2S. The van der Waals surface area contributed by atoms with Crippen LogP contribution in [0.5, 0.6) is 0 Å². The first-order chi connectivity index (χ1) is 8.16. The number of nitrogens with two attached hydrogens (primary N) is 1. The lowest BCUT2D eigenvalue weighted by Gasteiger charge is -2.18. The number of rotatable bonds is 4. The molecule has 4 nitrogen and oxygen atoms in total. The normalized spacial score (nSPS) is 11.8. The lowest BCUT2D eigenvalue weighted by Crippen LogP contribution is -2.28. The number of halogens is 1. The summed E-state index contributed by atoms with van der Waals surface area (Å²) in [7, 11) is -2.06. The zero-order chi connectivity index (χ0) is 14.1. The Morgan fingerprint density at radius 1 is 1.50 bits per heavy atom. The van der Waals surface area contributed by atoms with Crippen LogP contribution >= 0.6 is 11.6 Å². The van der Waals surface area contributed by atoms with E-state index in [-0.39, 0.29) is 17.1 Å². The van der Waals surface area contributed by atoms with Gasteiger partial charge in [-0.05, 0) is 31.5 Å². The molecule has 0 spiro atoms. The standard InChI is InChI=1S/C12H17ClN2O2S/c1-8(2)7-15(4)18(16,17)10-5-9(3)12(13)11(14)6-10/h5-6H,1,7,14H2,2-4H3. The number of benzene rings is 1. The summed E-state index contributed by atoms with van der Waals surface area (Å²) in [6, 6.07) is 2.89. The fraction of sp³-hybridized carbons (Fsp3) is 0.333. The van der Waals surface area contributed by atoms with Gasteiger partial charge in [-0.3, -0.25) is 0 Å². The summed E-state index contributed by atoms with van der Waals surface area (Å²) in [6.07, 6.45) is 0. The Hall–Kier alpha value is -1.04. The Kier molecular flexibility index (Phi) is 4.42. The third-order valence-corrected chi connectivity index (χ3v) is 4.75. The first-order valence-corrected chi connectivity index (χ1v) is 7.14. The van der Waals surface area contributed by atoms with E-state index in [0.29, 0.717) is 10.6 Å². The Bertz CT molecular complexity index is 559. The first kappa shape index (κ1) is 15.0. The van der Waals surface area contributed by atoms with Gasteiger partial charge in [0.1, 0.15) is 0 Å². The molecule has 0 aliphatic heterocycles. The second-order valence-corrected chi connectivity index (χ2v) is 6.78. The molecule has 1 rings (SSSR count). The van der Waals surface area contributed by atoms with E-state index in [0.717, 1.165) is 5.57 Å². The molecule has 100 valence electrons. The van der Waals surface area contributed by atoms with Gasteiger partial charge < -0.3 is 5.73 Å². The highest BCUT2D eigenvalue weighted by Crippen LogP contribution is 2.28. The van der Waals surface area contributed by atoms with E-state index in [9.17, 15) is 8.42 Å². The average Bonchev–Trinajstić information content (AvgIpc) is 2.24. The molecule has 0 aromatic heterocycles. The Morgan fingerprint density at radius 2 is 2.06 bits per heavy atom. The molecule has 0 atom stereocenters. The van der Waals surface area contributed by atoms with Gasteiger partial charge >= 0.3 is 0 Å². The molecule has 0 fully saturated rings. The van der Waals surface area contributed by atoms with Gasteiger partial charge in [0.05, 0.1) is 15.6 Å². The highest BCUT2D eigenvalue weighted by Gasteiger charge is 2.22. The molecule has 2 N–H and O–H groups in total. The van der Waals surface area contributed by atoms with E-state index >= 15 is 0 Å². The van der Waals surface area contributed by atoms with Gasteiger partial charge in [0.25, 0.3) is 0 Å². The molecule has 0 aliphatic rings. The summed E-state index contributed by atoms with van der Waals surface area (Å²) >= 11 is 5.92. The van der Waals surface area contributed by atoms with E-state index < -0.39 is 10.0 Å². The molecule has 6 heteroatoms. The number of sulfonamides is 1. The molecule has 0 saturated heterocycles. The molecule has 0 aliphatic carbocycles. The number of hydrogen-bond donors (Lipinski definition) is 1. The molecule has 1 aromatic rings. The van der Waals surface area contributed by atoms with Gasteiger partial charge in [-0.15, -0.1) is 0 Å². The summed E-state index contributed by atoms with van der Waals surface area (Å²) in [5.74, 6) is 0. The topological polar surface area (TPSA) is 63.4 Å². The van der Waals surface area contributed by atoms with Crippen molar-refractivity contribution in [2.75, 3.05) is 19.3 Å². The van der Waals surface area contributed by atoms with Crippen molar-refractivity contribution in [3.8, 4) is 0 Å². The number of nitrogens with zero attached hydrogens (tertiary/aromatic N) is 1. The summed E-state index contributed by atoms with van der Waals surface area (Å²) in [6.45, 7) is 7.46. The van der Waals surface area contributed by atoms with Crippen LogP contribution < -0.4 is 5.73 Å². The number of aryl methyl sites for hydroxylation is 1. The van der Waals surface area contributed by atoms with Gasteiger partial charge in [-0.2, -0.15) is 4.31 Å². The summed E-state index contributed by atoms with van der Waals surface area (Å²) < 4.78 is 25.8. The molecule has 18 heavy (non-hydrogen) atoms. The molecule has 0 amide bonds. The third-order valence-electron chi connectivity index (χ3n) is 2.46. The first-order valence-electron chi connectivity index (χ1n) is 5.32. The predicted molar refractivity (Wildman–Crippen MR) is 75.2 cm³/mol. The van der Waals surface area contributed by atoms with Gasteiger partial charge in [-0.25, -0.2) is 8.42 Å². The minimum absolute atomic E-state index is 0.144. The van der Waals surface area contributed by atoms with Crippen LogP contribution in [0.2, 0.25) is 5.02 Å². The zero-order valence-electron chi connectivity index (χ0n) is 10.7. The third kappa shape index (κ3) is 3.04. The van der Waals surface area contributed by atoms with Crippen molar-refractivity contribution < 1.29 is 8.42 Å². The van der Waals surface area contributed by atoms with Gasteiger partial charge in [-0.1, -0.05) is 23.8 Å². The van der Waals surface area contributed by atoms with Crippen molar-refractivity contribution in [3.63, 3.8) is 0 Å². The van der Waals surface area contributed by atoms with Crippen molar-refractivity contribution in [2.24, 2.45) is 0 Å². The van der Waals surface area contributed by atoms with E-state index in [4.69, 9.17) is 17.3 Å². The number of anilines is 1. The quantitative estimate of drug-likeness (QED) is 0.684. The lowest BCUT2D eigenvalue weighted by molar-refractivity contribution is 0.493. The predicted octanol–water partition coefficient (Wildman–Crippen LogP) is 2.43. The van der Waals surface area contributed by atoms with Crippen molar-refractivity contribution in [1.82, 2.24) is 4.31 Å². The van der Waals surface area contributed by atoms with E-state index in [1.807, 2.05) is 0 Å². The Morgan fingerprint density at radius 3 is 2.50 bits per heavy atom. The molecule has 0 unspecified atom stereocenters. The molecule has 1 aromatic carbocycles. The molecule has 0 heterocycles.